The second kappa shape index (κ2) is 11.5. The Morgan fingerprint density at radius 3 is 2.63 bits per heavy atom. The summed E-state index contributed by atoms with van der Waals surface area (Å²) in [5, 5.41) is 9.38. The smallest absolute Gasteiger partial charge is 0.226 e. The van der Waals surface area contributed by atoms with E-state index in [0.29, 0.717) is 18.1 Å². The maximum Gasteiger partial charge on any atom is 0.226 e. The highest BCUT2D eigenvalue weighted by molar-refractivity contribution is 7.80. The van der Waals surface area contributed by atoms with E-state index < -0.39 is 0 Å². The Kier molecular flexibility index (Phi) is 7.48. The van der Waals surface area contributed by atoms with Crippen molar-refractivity contribution in [2.75, 3.05) is 11.9 Å². The number of hydrogen-bond donors (Lipinski definition) is 2. The van der Waals surface area contributed by atoms with Crippen LogP contribution >= 0.6 is 12.2 Å². The van der Waals surface area contributed by atoms with Crippen molar-refractivity contribution in [1.29, 1.82) is 0 Å². The van der Waals surface area contributed by atoms with Gasteiger partial charge in [0.1, 0.15) is 0 Å². The molecule has 2 N–H and O–H groups in total. The van der Waals surface area contributed by atoms with Gasteiger partial charge in [0.2, 0.25) is 5.91 Å². The molecule has 5 aromatic rings. The molecule has 0 radical (unpaired) electrons. The second-order valence-corrected chi connectivity index (χ2v) is 10.8. The molecular weight excluding hydrogens is 528 g/mol. The largest absolute Gasteiger partial charge is 0.352 e. The summed E-state index contributed by atoms with van der Waals surface area (Å²) in [4.78, 5) is 24.3. The number of hydrogen-bond acceptors (Lipinski definition) is 4. The topological polar surface area (TPSA) is 75.1 Å². The fourth-order valence-corrected chi connectivity index (χ4v) is 6.13. The van der Waals surface area contributed by atoms with E-state index in [0.717, 1.165) is 45.6 Å². The number of carbonyl (C=O) groups is 1. The molecule has 2 aromatic carbocycles. The van der Waals surface area contributed by atoms with Crippen LogP contribution in [0.15, 0.2) is 97.5 Å². The maximum atomic E-state index is 13.2. The Labute approximate surface area is 245 Å². The molecule has 7 nitrogen and oxygen atoms in total. The Bertz CT molecular complexity index is 1700. The van der Waals surface area contributed by atoms with Gasteiger partial charge >= 0.3 is 0 Å². The van der Waals surface area contributed by atoms with Gasteiger partial charge in [0, 0.05) is 60.6 Å². The van der Waals surface area contributed by atoms with E-state index in [-0.39, 0.29) is 18.0 Å². The zero-order valence-corrected chi connectivity index (χ0v) is 23.9. The fraction of sp³-hybridized carbons (Fsp3) is 0.212. The van der Waals surface area contributed by atoms with Crippen LogP contribution in [0.25, 0.3) is 10.8 Å². The molecule has 2 atom stereocenters. The lowest BCUT2D eigenvalue weighted by molar-refractivity contribution is -0.116. The minimum atomic E-state index is -0.142. The van der Waals surface area contributed by atoms with Gasteiger partial charge in [-0.3, -0.25) is 14.8 Å². The number of aromatic nitrogens is 3. The number of fused-ring (bicyclic) bond motifs is 1. The highest BCUT2D eigenvalue weighted by Crippen LogP contribution is 2.41. The first-order chi connectivity index (χ1) is 20.0. The van der Waals surface area contributed by atoms with E-state index in [4.69, 9.17) is 12.2 Å². The highest BCUT2D eigenvalue weighted by atomic mass is 32.1. The maximum absolute atomic E-state index is 13.2. The van der Waals surface area contributed by atoms with Crippen molar-refractivity contribution >= 4 is 39.7 Å². The molecule has 206 valence electrons. The molecule has 1 amide bonds. The Hall–Kier alpha value is -4.56. The first kappa shape index (κ1) is 26.7. The molecule has 1 aliphatic rings. The Morgan fingerprint density at radius 2 is 1.83 bits per heavy atom. The molecule has 3 aromatic heterocycles. The summed E-state index contributed by atoms with van der Waals surface area (Å²) in [6, 6.07) is 26.0. The molecule has 8 heteroatoms. The van der Waals surface area contributed by atoms with Crippen molar-refractivity contribution in [3.05, 3.63) is 126 Å². The number of benzene rings is 2. The summed E-state index contributed by atoms with van der Waals surface area (Å²) in [7, 11) is 0. The quantitative estimate of drug-likeness (QED) is 0.224. The molecule has 41 heavy (non-hydrogen) atoms. The van der Waals surface area contributed by atoms with E-state index in [1.807, 2.05) is 79.1 Å². The van der Waals surface area contributed by atoms with Crippen molar-refractivity contribution in [2.24, 2.45) is 0 Å². The molecule has 0 saturated carbocycles. The molecule has 1 saturated heterocycles. The van der Waals surface area contributed by atoms with Gasteiger partial charge in [0.15, 0.2) is 5.11 Å². The van der Waals surface area contributed by atoms with Crippen LogP contribution in [-0.2, 0) is 11.3 Å². The van der Waals surface area contributed by atoms with Gasteiger partial charge in [-0.15, -0.1) is 0 Å². The van der Waals surface area contributed by atoms with Gasteiger partial charge in [0.05, 0.1) is 17.8 Å². The third-order valence-electron chi connectivity index (χ3n) is 7.84. The number of carbonyl (C=O) groups excluding carboxylic acids is 1. The standard InChI is InChI=1S/C33H32N6OS/c1-22-19-27(23(2)39(22)21-24-9-8-16-34-20-24)32-31(29-13-5-6-17-35-29)37-33(41)38(32)18-15-30(40)36-28-14-7-11-25-10-3-4-12-26(25)28/h3-14,16-17,19-20,31-32H,15,18,21H2,1-2H3,(H,36,40)(H,37,41)/t31-,32-/m0/s1. The van der Waals surface area contributed by atoms with Crippen molar-refractivity contribution in [3.8, 4) is 0 Å². The zero-order chi connectivity index (χ0) is 28.3. The van der Waals surface area contributed by atoms with E-state index in [9.17, 15) is 4.79 Å². The fourth-order valence-electron chi connectivity index (χ4n) is 5.80. The SMILES string of the molecule is Cc1cc([C@H]2[C@H](c3ccccn3)NC(=S)N2CCC(=O)Nc2cccc3ccccc23)c(C)n1Cc1cccnc1. The lowest BCUT2D eigenvalue weighted by atomic mass is 9.96. The Balaban J connectivity index is 1.28. The van der Waals surface area contributed by atoms with Gasteiger partial charge in [-0.05, 0) is 72.9 Å². The number of nitrogens with one attached hydrogen (secondary N) is 2. The third-order valence-corrected chi connectivity index (χ3v) is 8.19. The van der Waals surface area contributed by atoms with Crippen molar-refractivity contribution in [2.45, 2.75) is 38.9 Å². The van der Waals surface area contributed by atoms with Gasteiger partial charge in [0.25, 0.3) is 0 Å². The van der Waals surface area contributed by atoms with E-state index in [2.05, 4.69) is 56.0 Å². The van der Waals surface area contributed by atoms with Crippen LogP contribution in [0.2, 0.25) is 0 Å². The van der Waals surface area contributed by atoms with Crippen molar-refractivity contribution in [3.63, 3.8) is 0 Å². The molecule has 1 fully saturated rings. The highest BCUT2D eigenvalue weighted by Gasteiger charge is 2.41. The van der Waals surface area contributed by atoms with Crippen molar-refractivity contribution in [1.82, 2.24) is 24.8 Å². The van der Waals surface area contributed by atoms with Gasteiger partial charge in [-0.1, -0.05) is 48.5 Å². The average molecular weight is 561 g/mol. The van der Waals surface area contributed by atoms with E-state index in [1.165, 1.54) is 5.56 Å². The van der Waals surface area contributed by atoms with Crippen LogP contribution in [0.4, 0.5) is 5.69 Å². The minimum Gasteiger partial charge on any atom is -0.352 e. The number of thiocarbonyl (C=S) groups is 1. The van der Waals surface area contributed by atoms with Crippen LogP contribution in [0.3, 0.4) is 0 Å². The second-order valence-electron chi connectivity index (χ2n) is 10.4. The van der Waals surface area contributed by atoms with Crippen LogP contribution < -0.4 is 10.6 Å². The lowest BCUT2D eigenvalue weighted by Crippen LogP contribution is -2.33. The van der Waals surface area contributed by atoms with Crippen LogP contribution in [-0.4, -0.2) is 37.0 Å². The monoisotopic (exact) mass is 560 g/mol. The van der Waals surface area contributed by atoms with Gasteiger partial charge in [-0.25, -0.2) is 0 Å². The number of nitrogens with zero attached hydrogens (tertiary/aromatic N) is 4. The number of amides is 1. The lowest BCUT2D eigenvalue weighted by Gasteiger charge is -2.28. The third kappa shape index (κ3) is 5.43. The number of rotatable bonds is 8. The Morgan fingerprint density at radius 1 is 1.00 bits per heavy atom. The predicted octanol–water partition coefficient (Wildman–Crippen LogP) is 6.10. The number of pyridine rings is 2. The summed E-state index contributed by atoms with van der Waals surface area (Å²) in [5.74, 6) is -0.0498. The molecule has 0 spiro atoms. The van der Waals surface area contributed by atoms with Gasteiger partial charge < -0.3 is 20.1 Å². The zero-order valence-electron chi connectivity index (χ0n) is 23.1. The molecule has 0 aliphatic carbocycles. The normalized spacial score (nSPS) is 16.6. The first-order valence-corrected chi connectivity index (χ1v) is 14.2. The van der Waals surface area contributed by atoms with Crippen LogP contribution in [0.5, 0.6) is 0 Å². The molecule has 6 rings (SSSR count). The van der Waals surface area contributed by atoms with E-state index >= 15 is 0 Å². The molecule has 0 unspecified atom stereocenters. The van der Waals surface area contributed by atoms with Gasteiger partial charge in [-0.2, -0.15) is 0 Å². The molecule has 1 aliphatic heterocycles. The summed E-state index contributed by atoms with van der Waals surface area (Å²) in [6.07, 6.45) is 5.80. The summed E-state index contributed by atoms with van der Waals surface area (Å²) >= 11 is 5.87. The molecule has 4 heterocycles. The van der Waals surface area contributed by atoms with Crippen LogP contribution in [0, 0.1) is 13.8 Å². The van der Waals surface area contributed by atoms with Crippen LogP contribution in [0.1, 0.15) is 46.7 Å². The van der Waals surface area contributed by atoms with E-state index in [1.54, 1.807) is 6.20 Å². The number of anilines is 1. The molecule has 0 bridgehead atoms. The summed E-state index contributed by atoms with van der Waals surface area (Å²) < 4.78 is 2.31. The average Bonchev–Trinajstić information content (AvgIpc) is 3.47. The predicted molar refractivity (Wildman–Crippen MR) is 167 cm³/mol. The number of aryl methyl sites for hydroxylation is 1. The van der Waals surface area contributed by atoms with Crippen molar-refractivity contribution < 1.29 is 4.79 Å². The minimum absolute atomic E-state index is 0.0498. The summed E-state index contributed by atoms with van der Waals surface area (Å²) in [5.41, 5.74) is 6.37. The molecular formula is C33H32N6OS. The first-order valence-electron chi connectivity index (χ1n) is 13.8. The summed E-state index contributed by atoms with van der Waals surface area (Å²) in [6.45, 7) is 5.49.